The smallest absolute Gasteiger partial charge is 0.0223 e. The molecule has 0 aliphatic heterocycles. The maximum Gasteiger partial charge on any atom is 0.0223 e. The predicted molar refractivity (Wildman–Crippen MR) is 75.3 cm³/mol. The molecule has 0 aromatic rings. The van der Waals surface area contributed by atoms with Gasteiger partial charge >= 0.3 is 0 Å². The summed E-state index contributed by atoms with van der Waals surface area (Å²) >= 11 is 9.09. The SMILES string of the molecule is ClCCCCCCCCCCCCCBr. The van der Waals surface area contributed by atoms with Crippen LogP contribution in [0, 0.1) is 0 Å². The molecule has 15 heavy (non-hydrogen) atoms. The zero-order chi connectivity index (χ0) is 11.2. The number of unbranched alkanes of at least 4 members (excludes halogenated alkanes) is 10. The number of alkyl halides is 2. The van der Waals surface area contributed by atoms with Crippen molar-refractivity contribution in [2.45, 2.75) is 70.6 Å². The molecule has 0 saturated carbocycles. The van der Waals surface area contributed by atoms with Crippen LogP contribution in [0.4, 0.5) is 0 Å². The lowest BCUT2D eigenvalue weighted by Crippen LogP contribution is -1.83. The fraction of sp³-hybridized carbons (Fsp3) is 1.00. The normalized spacial score (nSPS) is 10.8. The van der Waals surface area contributed by atoms with Crippen molar-refractivity contribution in [3.05, 3.63) is 0 Å². The molecule has 0 heterocycles. The summed E-state index contributed by atoms with van der Waals surface area (Å²) in [4.78, 5) is 0. The minimum Gasteiger partial charge on any atom is -0.127 e. The molecule has 0 N–H and O–H groups in total. The topological polar surface area (TPSA) is 0 Å². The van der Waals surface area contributed by atoms with Crippen LogP contribution in [0.15, 0.2) is 0 Å². The maximum absolute atomic E-state index is 5.62. The van der Waals surface area contributed by atoms with E-state index in [0.717, 1.165) is 5.88 Å². The van der Waals surface area contributed by atoms with Gasteiger partial charge in [0.1, 0.15) is 0 Å². The monoisotopic (exact) mass is 296 g/mol. The zero-order valence-corrected chi connectivity index (χ0v) is 12.3. The molecule has 0 amide bonds. The Morgan fingerprint density at radius 2 is 0.867 bits per heavy atom. The van der Waals surface area contributed by atoms with E-state index in [2.05, 4.69) is 15.9 Å². The van der Waals surface area contributed by atoms with Crippen molar-refractivity contribution in [1.82, 2.24) is 0 Å². The number of halogens is 2. The molecule has 0 aliphatic carbocycles. The van der Waals surface area contributed by atoms with E-state index in [1.165, 1.54) is 76.0 Å². The summed E-state index contributed by atoms with van der Waals surface area (Å²) in [5.74, 6) is 0.841. The van der Waals surface area contributed by atoms with Crippen LogP contribution in [0.1, 0.15) is 70.6 Å². The Morgan fingerprint density at radius 3 is 1.20 bits per heavy atom. The van der Waals surface area contributed by atoms with Gasteiger partial charge in [-0.15, -0.1) is 11.6 Å². The summed E-state index contributed by atoms with van der Waals surface area (Å²) in [6, 6.07) is 0. The third-order valence-corrected chi connectivity index (χ3v) is 3.60. The summed E-state index contributed by atoms with van der Waals surface area (Å²) < 4.78 is 0. The third-order valence-electron chi connectivity index (χ3n) is 2.77. The minimum atomic E-state index is 0.841. The summed E-state index contributed by atoms with van der Waals surface area (Å²) in [6.07, 6.45) is 15.3. The molecule has 0 aliphatic rings. The summed E-state index contributed by atoms with van der Waals surface area (Å²) in [5.41, 5.74) is 0. The molecule has 0 spiro atoms. The highest BCUT2D eigenvalue weighted by Crippen LogP contribution is 2.11. The van der Waals surface area contributed by atoms with Gasteiger partial charge in [0.2, 0.25) is 0 Å². The number of hydrogen-bond acceptors (Lipinski definition) is 0. The molecule has 0 unspecified atom stereocenters. The lowest BCUT2D eigenvalue weighted by molar-refractivity contribution is 0.555. The first-order valence-corrected chi connectivity index (χ1v) is 8.19. The van der Waals surface area contributed by atoms with Crippen LogP contribution in [0.25, 0.3) is 0 Å². The molecule has 0 nitrogen and oxygen atoms in total. The number of hydrogen-bond donors (Lipinski definition) is 0. The first kappa shape index (κ1) is 15.8. The van der Waals surface area contributed by atoms with E-state index >= 15 is 0 Å². The van der Waals surface area contributed by atoms with E-state index in [9.17, 15) is 0 Å². The Balaban J connectivity index is 2.81. The van der Waals surface area contributed by atoms with Crippen molar-refractivity contribution < 1.29 is 0 Å². The standard InChI is InChI=1S/C13H26BrCl/c14-12-10-8-6-4-2-1-3-5-7-9-11-13-15/h1-13H2. The third kappa shape index (κ3) is 14.8. The molecular weight excluding hydrogens is 271 g/mol. The van der Waals surface area contributed by atoms with Gasteiger partial charge in [0.15, 0.2) is 0 Å². The van der Waals surface area contributed by atoms with Crippen LogP contribution in [-0.2, 0) is 0 Å². The molecule has 0 saturated heterocycles. The van der Waals surface area contributed by atoms with E-state index in [0.29, 0.717) is 0 Å². The van der Waals surface area contributed by atoms with Gasteiger partial charge in [-0.05, 0) is 12.8 Å². The Hall–Kier alpha value is 0.770. The Labute approximate surface area is 109 Å². The first-order chi connectivity index (χ1) is 7.41. The van der Waals surface area contributed by atoms with E-state index in [1.807, 2.05) is 0 Å². The van der Waals surface area contributed by atoms with Gasteiger partial charge in [-0.2, -0.15) is 0 Å². The number of rotatable bonds is 12. The summed E-state index contributed by atoms with van der Waals surface area (Å²) in [6.45, 7) is 0. The van der Waals surface area contributed by atoms with Crippen molar-refractivity contribution in [3.8, 4) is 0 Å². The van der Waals surface area contributed by atoms with E-state index in [1.54, 1.807) is 0 Å². The second-order valence-corrected chi connectivity index (χ2v) is 5.44. The molecule has 0 aromatic heterocycles. The molecule has 0 bridgehead atoms. The van der Waals surface area contributed by atoms with Gasteiger partial charge in [-0.3, -0.25) is 0 Å². The molecule has 2 heteroatoms. The molecule has 0 aromatic carbocycles. The van der Waals surface area contributed by atoms with Crippen LogP contribution in [0.3, 0.4) is 0 Å². The van der Waals surface area contributed by atoms with Crippen molar-refractivity contribution >= 4 is 27.5 Å². The maximum atomic E-state index is 5.62. The average Bonchev–Trinajstić information content (AvgIpc) is 2.26. The highest BCUT2D eigenvalue weighted by molar-refractivity contribution is 9.09. The molecule has 0 atom stereocenters. The second kappa shape index (κ2) is 14.8. The van der Waals surface area contributed by atoms with Crippen molar-refractivity contribution in [3.63, 3.8) is 0 Å². The van der Waals surface area contributed by atoms with E-state index in [-0.39, 0.29) is 0 Å². The predicted octanol–water partition coefficient (Wildman–Crippen LogP) is 5.91. The quantitative estimate of drug-likeness (QED) is 0.310. The lowest BCUT2D eigenvalue weighted by atomic mass is 10.1. The molecule has 0 fully saturated rings. The lowest BCUT2D eigenvalue weighted by Gasteiger charge is -2.01. The van der Waals surface area contributed by atoms with E-state index in [4.69, 9.17) is 11.6 Å². The van der Waals surface area contributed by atoms with Crippen molar-refractivity contribution in [2.75, 3.05) is 11.2 Å². The van der Waals surface area contributed by atoms with Crippen molar-refractivity contribution in [2.24, 2.45) is 0 Å². The Morgan fingerprint density at radius 1 is 0.533 bits per heavy atom. The van der Waals surface area contributed by atoms with Gasteiger partial charge < -0.3 is 0 Å². The highest BCUT2D eigenvalue weighted by atomic mass is 79.9. The van der Waals surface area contributed by atoms with Crippen LogP contribution in [0.2, 0.25) is 0 Å². The second-order valence-electron chi connectivity index (χ2n) is 4.27. The van der Waals surface area contributed by atoms with Gasteiger partial charge in [0.05, 0.1) is 0 Å². The highest BCUT2D eigenvalue weighted by Gasteiger charge is 1.92. The molecular formula is C13H26BrCl. The summed E-state index contributed by atoms with van der Waals surface area (Å²) in [7, 11) is 0. The van der Waals surface area contributed by atoms with Gasteiger partial charge in [0, 0.05) is 11.2 Å². The zero-order valence-electron chi connectivity index (χ0n) is 9.95. The first-order valence-electron chi connectivity index (χ1n) is 6.53. The van der Waals surface area contributed by atoms with Crippen LogP contribution < -0.4 is 0 Å². The summed E-state index contributed by atoms with van der Waals surface area (Å²) in [5, 5.41) is 1.17. The fourth-order valence-corrected chi connectivity index (χ4v) is 2.37. The van der Waals surface area contributed by atoms with Crippen LogP contribution in [0.5, 0.6) is 0 Å². The van der Waals surface area contributed by atoms with Crippen molar-refractivity contribution in [1.29, 1.82) is 0 Å². The van der Waals surface area contributed by atoms with Gasteiger partial charge in [0.25, 0.3) is 0 Å². The molecule has 92 valence electrons. The fourth-order valence-electron chi connectivity index (χ4n) is 1.78. The molecule has 0 radical (unpaired) electrons. The minimum absolute atomic E-state index is 0.841. The van der Waals surface area contributed by atoms with Gasteiger partial charge in [-0.1, -0.05) is 73.7 Å². The molecule has 0 rings (SSSR count). The van der Waals surface area contributed by atoms with Crippen LogP contribution in [-0.4, -0.2) is 11.2 Å². The average molecular weight is 298 g/mol. The Kier molecular flexibility index (Phi) is 15.5. The van der Waals surface area contributed by atoms with Crippen LogP contribution >= 0.6 is 27.5 Å². The Bertz CT molecular complexity index is 94.7. The van der Waals surface area contributed by atoms with Gasteiger partial charge in [-0.25, -0.2) is 0 Å². The van der Waals surface area contributed by atoms with E-state index < -0.39 is 0 Å². The largest absolute Gasteiger partial charge is 0.127 e.